The van der Waals surface area contributed by atoms with Gasteiger partial charge in [-0.3, -0.25) is 0 Å². The Morgan fingerprint density at radius 3 is 2.78 bits per heavy atom. The maximum absolute atomic E-state index is 10.1. The lowest BCUT2D eigenvalue weighted by molar-refractivity contribution is -0.638. The first kappa shape index (κ1) is 6.03. The minimum absolute atomic E-state index is 0.0231. The molecule has 0 atom stereocenters. The monoisotopic (exact) mass is 144 g/mol. The molecule has 1 heterocycles. The van der Waals surface area contributed by atoms with E-state index in [9.17, 15) is 9.90 Å². The Kier molecular flexibility index (Phi) is 1.35. The van der Waals surface area contributed by atoms with Gasteiger partial charge in [0.25, 0.3) is 0 Å². The van der Waals surface area contributed by atoms with Crippen molar-refractivity contribution in [3.8, 4) is 0 Å². The summed E-state index contributed by atoms with van der Waals surface area (Å²) in [4.78, 5) is 10.1. The van der Waals surface area contributed by atoms with Crippen LogP contribution in [0, 0.1) is 0 Å². The quantitative estimate of drug-likeness (QED) is 0.370. The normalized spacial score (nSPS) is 9.33. The summed E-state index contributed by atoms with van der Waals surface area (Å²) < 4.78 is 1.01. The highest BCUT2D eigenvalue weighted by atomic mass is 32.1. The van der Waals surface area contributed by atoms with Crippen LogP contribution in [-0.2, 0) is 0 Å². The van der Waals surface area contributed by atoms with Gasteiger partial charge >= 0.3 is 5.01 Å². The highest BCUT2D eigenvalue weighted by Crippen LogP contribution is 1.96. The van der Waals surface area contributed by atoms with Crippen molar-refractivity contribution < 1.29 is 14.6 Å². The van der Waals surface area contributed by atoms with E-state index in [2.05, 4.69) is 0 Å². The van der Waals surface area contributed by atoms with Crippen molar-refractivity contribution in [3.05, 3.63) is 16.6 Å². The predicted molar refractivity (Wildman–Crippen MR) is 29.0 cm³/mol. The van der Waals surface area contributed by atoms with E-state index < -0.39 is 5.97 Å². The fraction of sp³-hybridized carbons (Fsp3) is 0. The van der Waals surface area contributed by atoms with Crippen molar-refractivity contribution in [1.29, 1.82) is 0 Å². The Morgan fingerprint density at radius 2 is 2.56 bits per heavy atom. The number of aromatic carboxylic acids is 1. The number of rotatable bonds is 1. The number of carboxylic acid groups (broad SMARTS) is 1. The molecule has 0 radical (unpaired) electrons. The van der Waals surface area contributed by atoms with Crippen LogP contribution in [0.25, 0.3) is 0 Å². The van der Waals surface area contributed by atoms with Gasteiger partial charge in [0.05, 0.1) is 5.38 Å². The summed E-state index contributed by atoms with van der Waals surface area (Å²) in [5.74, 6) is 3.90. The number of nitrogens with zero attached hydrogens (tertiary/aromatic N) is 1. The molecule has 1 rings (SSSR count). The molecule has 9 heavy (non-hydrogen) atoms. The molecular weight excluding hydrogens is 140 g/mol. The van der Waals surface area contributed by atoms with Gasteiger partial charge in [-0.25, -0.2) is 5.84 Å². The van der Waals surface area contributed by atoms with Gasteiger partial charge in [-0.1, -0.05) is 16.0 Å². The van der Waals surface area contributed by atoms with Crippen molar-refractivity contribution in [2.45, 2.75) is 0 Å². The molecular formula is C4H4N2O2S. The molecule has 4 nitrogen and oxygen atoms in total. The second-order valence-corrected chi connectivity index (χ2v) is 2.30. The maximum Gasteiger partial charge on any atom is 0.313 e. The lowest BCUT2D eigenvalue weighted by Gasteiger charge is -1.88. The molecule has 0 bridgehead atoms. The molecule has 1 aromatic rings. The first-order valence-corrected chi connectivity index (χ1v) is 3.05. The zero-order valence-corrected chi connectivity index (χ0v) is 5.22. The van der Waals surface area contributed by atoms with E-state index in [1.54, 1.807) is 5.38 Å². The Morgan fingerprint density at radius 1 is 1.89 bits per heavy atom. The molecule has 5 heteroatoms. The lowest BCUT2D eigenvalue weighted by atomic mass is 10.7. The number of carboxylic acids is 1. The van der Waals surface area contributed by atoms with Crippen LogP contribution in [0.5, 0.6) is 0 Å². The lowest BCUT2D eigenvalue weighted by Crippen LogP contribution is -2.49. The average molecular weight is 144 g/mol. The van der Waals surface area contributed by atoms with Gasteiger partial charge < -0.3 is 9.90 Å². The zero-order chi connectivity index (χ0) is 6.85. The molecule has 48 valence electrons. The number of aromatic nitrogens is 1. The van der Waals surface area contributed by atoms with E-state index >= 15 is 0 Å². The van der Waals surface area contributed by atoms with Crippen LogP contribution in [-0.4, -0.2) is 5.97 Å². The molecule has 0 aromatic carbocycles. The highest BCUT2D eigenvalue weighted by Gasteiger charge is 2.08. The van der Waals surface area contributed by atoms with Crippen molar-refractivity contribution in [2.75, 3.05) is 5.84 Å². The molecule has 1 aromatic heterocycles. The zero-order valence-electron chi connectivity index (χ0n) is 4.40. The largest absolute Gasteiger partial charge is 0.539 e. The molecule has 0 spiro atoms. The van der Waals surface area contributed by atoms with E-state index in [0.29, 0.717) is 0 Å². The van der Waals surface area contributed by atoms with Gasteiger partial charge in [0.15, 0.2) is 5.97 Å². The Balaban J connectivity index is 3.08. The number of thiazole rings is 1. The van der Waals surface area contributed by atoms with Crippen LogP contribution < -0.4 is 15.6 Å². The fourth-order valence-electron chi connectivity index (χ4n) is 0.443. The molecule has 0 aliphatic heterocycles. The number of hydrogen-bond donors (Lipinski definition) is 1. The van der Waals surface area contributed by atoms with E-state index in [1.165, 1.54) is 6.20 Å². The highest BCUT2D eigenvalue weighted by molar-refractivity contribution is 7.11. The van der Waals surface area contributed by atoms with Crippen LogP contribution in [0.3, 0.4) is 0 Å². The summed E-state index contributed by atoms with van der Waals surface area (Å²) in [5.41, 5.74) is 0. The van der Waals surface area contributed by atoms with Gasteiger partial charge in [-0.05, 0) is 0 Å². The third-order valence-corrected chi connectivity index (χ3v) is 1.67. The van der Waals surface area contributed by atoms with Gasteiger partial charge in [0.2, 0.25) is 6.20 Å². The number of nitrogen functional groups attached to an aromatic ring is 1. The predicted octanol–water partition coefficient (Wildman–Crippen LogP) is -1.89. The topological polar surface area (TPSA) is 70.0 Å². The molecule has 0 aliphatic rings. The SMILES string of the molecule is N[n+]1ccsc1C(=O)[O-]. The number of hydrogen-bond acceptors (Lipinski definition) is 4. The van der Waals surface area contributed by atoms with E-state index in [4.69, 9.17) is 5.84 Å². The molecule has 0 saturated heterocycles. The van der Waals surface area contributed by atoms with E-state index in [1.807, 2.05) is 0 Å². The van der Waals surface area contributed by atoms with Crippen LogP contribution in [0.15, 0.2) is 11.6 Å². The number of nitrogens with two attached hydrogens (primary N) is 1. The number of carbonyl (C=O) groups is 1. The van der Waals surface area contributed by atoms with Crippen molar-refractivity contribution >= 4 is 17.3 Å². The minimum atomic E-state index is -1.24. The summed E-state index contributed by atoms with van der Waals surface area (Å²) in [6, 6.07) is 0. The second kappa shape index (κ2) is 2.02. The van der Waals surface area contributed by atoms with E-state index in [-0.39, 0.29) is 5.01 Å². The molecule has 0 saturated carbocycles. The standard InChI is InChI=1S/C4H4N2O2S/c5-6-1-2-9-3(6)4(7)8/h1-2H,5H2. The molecule has 0 amide bonds. The van der Waals surface area contributed by atoms with Crippen LogP contribution in [0.4, 0.5) is 0 Å². The molecule has 0 fully saturated rings. The first-order chi connectivity index (χ1) is 4.22. The van der Waals surface area contributed by atoms with Gasteiger partial charge in [0, 0.05) is 0 Å². The van der Waals surface area contributed by atoms with Gasteiger partial charge in [0.1, 0.15) is 0 Å². The summed E-state index contributed by atoms with van der Waals surface area (Å²) in [6.07, 6.45) is 1.45. The average Bonchev–Trinajstić information content (AvgIpc) is 2.13. The Hall–Kier alpha value is -1.10. The third kappa shape index (κ3) is 0.996. The van der Waals surface area contributed by atoms with Crippen molar-refractivity contribution in [2.24, 2.45) is 0 Å². The first-order valence-electron chi connectivity index (χ1n) is 2.17. The Labute approximate surface area is 55.1 Å². The molecule has 2 N–H and O–H groups in total. The summed E-state index contributed by atoms with van der Waals surface area (Å²) in [6.45, 7) is 0. The molecule has 0 unspecified atom stereocenters. The fourth-order valence-corrected chi connectivity index (χ4v) is 1.04. The van der Waals surface area contributed by atoms with Crippen LogP contribution in [0.2, 0.25) is 0 Å². The van der Waals surface area contributed by atoms with Crippen LogP contribution >= 0.6 is 11.3 Å². The van der Waals surface area contributed by atoms with Crippen molar-refractivity contribution in [3.63, 3.8) is 0 Å². The van der Waals surface area contributed by atoms with Crippen molar-refractivity contribution in [1.82, 2.24) is 0 Å². The second-order valence-electron chi connectivity index (χ2n) is 1.40. The summed E-state index contributed by atoms with van der Waals surface area (Å²) in [5, 5.41) is 11.7. The van der Waals surface area contributed by atoms with Gasteiger partial charge in [-0.15, -0.1) is 0 Å². The number of carbonyl (C=O) groups excluding carboxylic acids is 1. The Bertz CT molecular complexity index is 232. The van der Waals surface area contributed by atoms with E-state index in [0.717, 1.165) is 16.0 Å². The molecule has 0 aliphatic carbocycles. The third-order valence-electron chi connectivity index (χ3n) is 0.810. The summed E-state index contributed by atoms with van der Waals surface area (Å²) in [7, 11) is 0. The van der Waals surface area contributed by atoms with Gasteiger partial charge in [-0.2, -0.15) is 0 Å². The minimum Gasteiger partial charge on any atom is -0.539 e. The smallest absolute Gasteiger partial charge is 0.313 e. The van der Waals surface area contributed by atoms with Crippen LogP contribution in [0.1, 0.15) is 9.80 Å². The summed E-state index contributed by atoms with van der Waals surface area (Å²) >= 11 is 1.03. The maximum atomic E-state index is 10.1.